The first-order chi connectivity index (χ1) is 9.28. The maximum absolute atomic E-state index is 11.6. The number of fused-ring (bicyclic) bond motifs is 1. The molecule has 0 radical (unpaired) electrons. The fourth-order valence-electron chi connectivity index (χ4n) is 2.40. The fourth-order valence-corrected chi connectivity index (χ4v) is 2.40. The van der Waals surface area contributed by atoms with Gasteiger partial charge in [0, 0.05) is 25.6 Å². The van der Waals surface area contributed by atoms with Gasteiger partial charge in [-0.15, -0.1) is 0 Å². The minimum Gasteiger partial charge on any atom is -0.364 e. The third-order valence-corrected chi connectivity index (χ3v) is 3.41. The second-order valence-electron chi connectivity index (χ2n) is 4.65. The van der Waals surface area contributed by atoms with Crippen LogP contribution in [0.2, 0.25) is 0 Å². The van der Waals surface area contributed by atoms with Gasteiger partial charge in [0.2, 0.25) is 5.91 Å². The van der Waals surface area contributed by atoms with Crippen molar-refractivity contribution >= 4 is 22.9 Å². The molecule has 0 saturated carbocycles. The molecule has 2 N–H and O–H groups in total. The minimum atomic E-state index is 0.207. The summed E-state index contributed by atoms with van der Waals surface area (Å²) < 4.78 is 0. The molecule has 2 aromatic rings. The van der Waals surface area contributed by atoms with E-state index in [2.05, 4.69) is 25.3 Å². The van der Waals surface area contributed by atoms with Gasteiger partial charge < -0.3 is 15.2 Å². The number of hydrogen-bond donors (Lipinski definition) is 2. The largest absolute Gasteiger partial charge is 0.364 e. The molecule has 2 aromatic heterocycles. The number of aromatic amines is 1. The van der Waals surface area contributed by atoms with E-state index in [1.54, 1.807) is 6.33 Å². The van der Waals surface area contributed by atoms with Gasteiger partial charge in [-0.3, -0.25) is 4.79 Å². The molecule has 1 unspecified atom stereocenters. The highest BCUT2D eigenvalue weighted by Crippen LogP contribution is 2.19. The number of rotatable bonds is 3. The molecule has 1 aliphatic heterocycles. The molecule has 7 heteroatoms. The van der Waals surface area contributed by atoms with Crippen molar-refractivity contribution in [2.24, 2.45) is 0 Å². The van der Waals surface area contributed by atoms with Crippen LogP contribution in [0.4, 0.5) is 5.82 Å². The maximum Gasteiger partial charge on any atom is 0.222 e. The molecule has 3 heterocycles. The number of imidazole rings is 1. The number of nitrogens with zero attached hydrogens (tertiary/aromatic N) is 4. The third kappa shape index (κ3) is 2.23. The second kappa shape index (κ2) is 4.83. The van der Waals surface area contributed by atoms with Gasteiger partial charge in [-0.05, 0) is 6.42 Å². The van der Waals surface area contributed by atoms with Crippen molar-refractivity contribution in [1.29, 1.82) is 0 Å². The summed E-state index contributed by atoms with van der Waals surface area (Å²) in [5.41, 5.74) is 1.46. The number of H-pyrrole nitrogens is 1. The average molecular weight is 260 g/mol. The lowest BCUT2D eigenvalue weighted by Crippen LogP contribution is -2.31. The van der Waals surface area contributed by atoms with Crippen LogP contribution in [0.25, 0.3) is 11.2 Å². The summed E-state index contributed by atoms with van der Waals surface area (Å²) in [6.45, 7) is 3.43. The number of likely N-dealkylation sites (tertiary alicyclic amines) is 1. The molecule has 19 heavy (non-hydrogen) atoms. The van der Waals surface area contributed by atoms with Crippen LogP contribution in [0.3, 0.4) is 0 Å². The number of hydrogen-bond acceptors (Lipinski definition) is 5. The lowest BCUT2D eigenvalue weighted by Gasteiger charge is -2.16. The summed E-state index contributed by atoms with van der Waals surface area (Å²) in [5.74, 6) is 0.956. The van der Waals surface area contributed by atoms with E-state index in [4.69, 9.17) is 0 Å². The fraction of sp³-hybridized carbons (Fsp3) is 0.500. The van der Waals surface area contributed by atoms with Crippen molar-refractivity contribution in [3.63, 3.8) is 0 Å². The van der Waals surface area contributed by atoms with E-state index < -0.39 is 0 Å². The van der Waals surface area contributed by atoms with Crippen LogP contribution >= 0.6 is 0 Å². The Balaban J connectivity index is 1.73. The smallest absolute Gasteiger partial charge is 0.222 e. The van der Waals surface area contributed by atoms with E-state index in [-0.39, 0.29) is 11.9 Å². The lowest BCUT2D eigenvalue weighted by atomic mass is 10.2. The van der Waals surface area contributed by atoms with Gasteiger partial charge >= 0.3 is 0 Å². The summed E-state index contributed by atoms with van der Waals surface area (Å²) in [6, 6.07) is 0.233. The zero-order valence-corrected chi connectivity index (χ0v) is 10.8. The lowest BCUT2D eigenvalue weighted by molar-refractivity contribution is -0.129. The van der Waals surface area contributed by atoms with E-state index >= 15 is 0 Å². The maximum atomic E-state index is 11.6. The van der Waals surface area contributed by atoms with Gasteiger partial charge in [0.1, 0.15) is 11.8 Å². The van der Waals surface area contributed by atoms with Crippen molar-refractivity contribution in [3.05, 3.63) is 12.7 Å². The van der Waals surface area contributed by atoms with Crippen LogP contribution in [-0.4, -0.2) is 49.9 Å². The molecule has 7 nitrogen and oxygen atoms in total. The van der Waals surface area contributed by atoms with Crippen LogP contribution in [0.15, 0.2) is 12.7 Å². The Bertz CT molecular complexity index is 595. The zero-order chi connectivity index (χ0) is 13.2. The molecule has 1 fully saturated rings. The number of nitrogens with one attached hydrogen (secondary N) is 2. The molecule has 1 saturated heterocycles. The molecule has 0 aliphatic carbocycles. The van der Waals surface area contributed by atoms with Crippen LogP contribution in [0, 0.1) is 0 Å². The first-order valence-electron chi connectivity index (χ1n) is 6.46. The topological polar surface area (TPSA) is 86.8 Å². The monoisotopic (exact) mass is 260 g/mol. The molecule has 0 aromatic carbocycles. The highest BCUT2D eigenvalue weighted by Gasteiger charge is 2.25. The highest BCUT2D eigenvalue weighted by molar-refractivity contribution is 5.82. The van der Waals surface area contributed by atoms with Gasteiger partial charge in [0.25, 0.3) is 0 Å². The molecule has 3 rings (SSSR count). The van der Waals surface area contributed by atoms with E-state index in [9.17, 15) is 4.79 Å². The molecular formula is C12H16N6O. The number of aromatic nitrogens is 4. The summed E-state index contributed by atoms with van der Waals surface area (Å²) in [6.07, 6.45) is 4.60. The first-order valence-corrected chi connectivity index (χ1v) is 6.46. The van der Waals surface area contributed by atoms with Crippen LogP contribution in [-0.2, 0) is 4.79 Å². The summed E-state index contributed by atoms with van der Waals surface area (Å²) >= 11 is 0. The van der Waals surface area contributed by atoms with Crippen LogP contribution in [0.1, 0.15) is 19.8 Å². The first kappa shape index (κ1) is 11.9. The Morgan fingerprint density at radius 1 is 1.53 bits per heavy atom. The van der Waals surface area contributed by atoms with Crippen LogP contribution in [0.5, 0.6) is 0 Å². The highest BCUT2D eigenvalue weighted by atomic mass is 16.2. The van der Waals surface area contributed by atoms with Crippen molar-refractivity contribution in [2.45, 2.75) is 25.8 Å². The van der Waals surface area contributed by atoms with E-state index in [1.165, 1.54) is 6.33 Å². The molecular weight excluding hydrogens is 244 g/mol. The molecule has 1 amide bonds. The summed E-state index contributed by atoms with van der Waals surface area (Å²) in [4.78, 5) is 29.0. The zero-order valence-electron chi connectivity index (χ0n) is 10.8. The summed E-state index contributed by atoms with van der Waals surface area (Å²) in [5, 5.41) is 3.36. The molecule has 0 bridgehead atoms. The Morgan fingerprint density at radius 3 is 3.26 bits per heavy atom. The predicted octanol–water partition coefficient (Wildman–Crippen LogP) is 0.776. The molecule has 100 valence electrons. The average Bonchev–Trinajstić information content (AvgIpc) is 3.07. The van der Waals surface area contributed by atoms with Crippen molar-refractivity contribution in [2.75, 3.05) is 18.4 Å². The van der Waals surface area contributed by atoms with E-state index in [0.717, 1.165) is 30.8 Å². The molecule has 1 aliphatic rings. The van der Waals surface area contributed by atoms with Gasteiger partial charge in [0.15, 0.2) is 11.5 Å². The normalized spacial score (nSPS) is 19.0. The predicted molar refractivity (Wildman–Crippen MR) is 70.6 cm³/mol. The van der Waals surface area contributed by atoms with Gasteiger partial charge in [0.05, 0.1) is 6.33 Å². The van der Waals surface area contributed by atoms with Crippen molar-refractivity contribution < 1.29 is 4.79 Å². The van der Waals surface area contributed by atoms with E-state index in [0.29, 0.717) is 12.1 Å². The summed E-state index contributed by atoms with van der Waals surface area (Å²) in [7, 11) is 0. The van der Waals surface area contributed by atoms with Gasteiger partial charge in [-0.2, -0.15) is 0 Å². The molecule has 1 atom stereocenters. The standard InChI is InChI=1S/C12H16N6O/c1-2-9(19)18-4-3-8(5-18)17-12-10-11(14-6-13-10)15-7-16-12/h6-8H,2-5H2,1H3,(H2,13,14,15,16,17). The Morgan fingerprint density at radius 2 is 2.42 bits per heavy atom. The minimum absolute atomic E-state index is 0.207. The number of amides is 1. The number of anilines is 1. The van der Waals surface area contributed by atoms with Gasteiger partial charge in [-0.25, -0.2) is 15.0 Å². The molecule has 0 spiro atoms. The van der Waals surface area contributed by atoms with Crippen LogP contribution < -0.4 is 5.32 Å². The quantitative estimate of drug-likeness (QED) is 0.851. The van der Waals surface area contributed by atoms with Gasteiger partial charge in [-0.1, -0.05) is 6.92 Å². The SMILES string of the molecule is CCC(=O)N1CCC(Nc2ncnc3nc[nH]c23)C1. The van der Waals surface area contributed by atoms with Crippen molar-refractivity contribution in [1.82, 2.24) is 24.8 Å². The number of carbonyl (C=O) groups is 1. The third-order valence-electron chi connectivity index (χ3n) is 3.41. The Hall–Kier alpha value is -2.18. The van der Waals surface area contributed by atoms with Crippen molar-refractivity contribution in [3.8, 4) is 0 Å². The Labute approximate surface area is 110 Å². The second-order valence-corrected chi connectivity index (χ2v) is 4.65. The Kier molecular flexibility index (Phi) is 3.02. The number of carbonyl (C=O) groups excluding carboxylic acids is 1. The van der Waals surface area contributed by atoms with E-state index in [1.807, 2.05) is 11.8 Å².